The van der Waals surface area contributed by atoms with Gasteiger partial charge in [0, 0.05) is 23.7 Å². The van der Waals surface area contributed by atoms with Crippen LogP contribution in [0.15, 0.2) is 12.1 Å². The lowest BCUT2D eigenvalue weighted by atomic mass is 10.0. The Kier molecular flexibility index (Phi) is 3.97. The number of benzene rings is 1. The number of carbonyl (C=O) groups excluding carboxylic acids is 1. The first-order chi connectivity index (χ1) is 10.9. The zero-order valence-electron chi connectivity index (χ0n) is 13.3. The first kappa shape index (κ1) is 15.7. The molecule has 3 rings (SSSR count). The fourth-order valence-corrected chi connectivity index (χ4v) is 3.83. The van der Waals surface area contributed by atoms with Crippen molar-refractivity contribution < 1.29 is 14.8 Å². The second kappa shape index (κ2) is 5.81. The van der Waals surface area contributed by atoms with Crippen LogP contribution in [0.25, 0.3) is 0 Å². The smallest absolute Gasteiger partial charge is 0.322 e. The summed E-state index contributed by atoms with van der Waals surface area (Å²) in [4.78, 5) is 25.1. The molecule has 2 aliphatic rings. The molecule has 124 valence electrons. The Labute approximate surface area is 134 Å². The number of urea groups is 1. The van der Waals surface area contributed by atoms with Gasteiger partial charge in [0.2, 0.25) is 0 Å². The van der Waals surface area contributed by atoms with E-state index in [1.807, 2.05) is 6.92 Å². The number of aliphatic hydroxyl groups is 1. The highest BCUT2D eigenvalue weighted by atomic mass is 16.6. The summed E-state index contributed by atoms with van der Waals surface area (Å²) in [5.41, 5.74) is 1.85. The van der Waals surface area contributed by atoms with Gasteiger partial charge in [-0.3, -0.25) is 10.1 Å². The monoisotopic (exact) mass is 319 g/mol. The Bertz CT molecular complexity index is 647. The lowest BCUT2D eigenvalue weighted by Gasteiger charge is -2.37. The molecule has 7 nitrogen and oxygen atoms in total. The van der Waals surface area contributed by atoms with E-state index in [1.165, 1.54) is 6.07 Å². The number of aryl methyl sites for hydroxylation is 2. The van der Waals surface area contributed by atoms with Gasteiger partial charge in [-0.05, 0) is 51.2 Å². The second-order valence-electron chi connectivity index (χ2n) is 6.56. The number of carbonyl (C=O) groups is 1. The van der Waals surface area contributed by atoms with E-state index >= 15 is 0 Å². The van der Waals surface area contributed by atoms with Gasteiger partial charge in [0.15, 0.2) is 0 Å². The van der Waals surface area contributed by atoms with Gasteiger partial charge in [-0.2, -0.15) is 0 Å². The molecule has 0 spiro atoms. The fraction of sp³-hybridized carbons (Fsp3) is 0.562. The number of anilines is 1. The summed E-state index contributed by atoms with van der Waals surface area (Å²) >= 11 is 0. The highest BCUT2D eigenvalue weighted by molar-refractivity contribution is 5.91. The molecule has 2 N–H and O–H groups in total. The summed E-state index contributed by atoms with van der Waals surface area (Å²) in [5.74, 6) is 0. The largest absolute Gasteiger partial charge is 0.393 e. The number of amides is 2. The lowest BCUT2D eigenvalue weighted by molar-refractivity contribution is -0.385. The van der Waals surface area contributed by atoms with Gasteiger partial charge in [-0.15, -0.1) is 0 Å². The maximum absolute atomic E-state index is 12.6. The normalized spacial score (nSPS) is 26.2. The predicted octanol–water partition coefficient (Wildman–Crippen LogP) is 2.73. The molecule has 0 aliphatic carbocycles. The molecule has 2 fully saturated rings. The number of hydrogen-bond donors (Lipinski definition) is 2. The Morgan fingerprint density at radius 2 is 1.87 bits per heavy atom. The number of rotatable bonds is 2. The molecule has 7 heteroatoms. The van der Waals surface area contributed by atoms with Gasteiger partial charge < -0.3 is 15.3 Å². The van der Waals surface area contributed by atoms with E-state index in [2.05, 4.69) is 5.32 Å². The van der Waals surface area contributed by atoms with Crippen molar-refractivity contribution in [2.75, 3.05) is 5.32 Å². The summed E-state index contributed by atoms with van der Waals surface area (Å²) in [7, 11) is 0. The van der Waals surface area contributed by atoms with Crippen molar-refractivity contribution in [2.24, 2.45) is 0 Å². The highest BCUT2D eigenvalue weighted by Gasteiger charge is 2.42. The van der Waals surface area contributed by atoms with Gasteiger partial charge in [-0.25, -0.2) is 4.79 Å². The van der Waals surface area contributed by atoms with E-state index in [0.29, 0.717) is 24.1 Å². The van der Waals surface area contributed by atoms with Crippen molar-refractivity contribution in [1.29, 1.82) is 0 Å². The quantitative estimate of drug-likeness (QED) is 0.647. The van der Waals surface area contributed by atoms with Gasteiger partial charge >= 0.3 is 6.03 Å². The Morgan fingerprint density at radius 3 is 2.43 bits per heavy atom. The molecule has 2 aliphatic heterocycles. The summed E-state index contributed by atoms with van der Waals surface area (Å²) in [6.45, 7) is 3.50. The molecular formula is C16H21N3O4. The van der Waals surface area contributed by atoms with Crippen molar-refractivity contribution in [3.05, 3.63) is 33.4 Å². The second-order valence-corrected chi connectivity index (χ2v) is 6.56. The number of piperidine rings is 1. The minimum Gasteiger partial charge on any atom is -0.393 e. The third kappa shape index (κ3) is 2.88. The van der Waals surface area contributed by atoms with Crippen LogP contribution in [0.4, 0.5) is 16.2 Å². The number of aliphatic hydroxyl groups excluding tert-OH is 1. The van der Waals surface area contributed by atoms with E-state index in [-0.39, 0.29) is 29.9 Å². The molecule has 23 heavy (non-hydrogen) atoms. The Balaban J connectivity index is 1.81. The van der Waals surface area contributed by atoms with E-state index in [9.17, 15) is 20.0 Å². The average molecular weight is 319 g/mol. The number of hydrogen-bond acceptors (Lipinski definition) is 4. The van der Waals surface area contributed by atoms with E-state index < -0.39 is 4.92 Å². The van der Waals surface area contributed by atoms with E-state index in [4.69, 9.17) is 0 Å². The third-order valence-corrected chi connectivity index (χ3v) is 4.92. The van der Waals surface area contributed by atoms with E-state index in [1.54, 1.807) is 17.9 Å². The van der Waals surface area contributed by atoms with Crippen LogP contribution in [0.1, 0.15) is 36.8 Å². The number of nitro benzene ring substituents is 1. The van der Waals surface area contributed by atoms with Gasteiger partial charge in [0.05, 0.1) is 16.7 Å². The topological polar surface area (TPSA) is 95.7 Å². The SMILES string of the molecule is Cc1cc(C)c([N+](=O)[O-])cc1NC(=O)N1[C@H]2CC[C@H]1CC(O)C2. The summed E-state index contributed by atoms with van der Waals surface area (Å²) in [6.07, 6.45) is 2.69. The summed E-state index contributed by atoms with van der Waals surface area (Å²) < 4.78 is 0. The van der Waals surface area contributed by atoms with Crippen LogP contribution >= 0.6 is 0 Å². The number of fused-ring (bicyclic) bond motifs is 2. The molecule has 2 bridgehead atoms. The first-order valence-electron chi connectivity index (χ1n) is 7.90. The average Bonchev–Trinajstić information content (AvgIpc) is 2.73. The minimum absolute atomic E-state index is 0.00272. The molecule has 0 aromatic heterocycles. The maximum atomic E-state index is 12.6. The number of nitrogens with zero attached hydrogens (tertiary/aromatic N) is 2. The van der Waals surface area contributed by atoms with Crippen molar-refractivity contribution in [3.63, 3.8) is 0 Å². The molecule has 1 aromatic rings. The summed E-state index contributed by atoms with van der Waals surface area (Å²) in [6, 6.07) is 3.02. The third-order valence-electron chi connectivity index (χ3n) is 4.92. The van der Waals surface area contributed by atoms with Gasteiger partial charge in [0.1, 0.15) is 0 Å². The molecule has 0 radical (unpaired) electrons. The number of nitro groups is 1. The van der Waals surface area contributed by atoms with Crippen LogP contribution in [-0.4, -0.2) is 39.1 Å². The van der Waals surface area contributed by atoms with E-state index in [0.717, 1.165) is 18.4 Å². The molecular weight excluding hydrogens is 298 g/mol. The molecule has 1 aromatic carbocycles. The fourth-order valence-electron chi connectivity index (χ4n) is 3.83. The number of nitrogens with one attached hydrogen (secondary N) is 1. The molecule has 2 amide bonds. The van der Waals surface area contributed by atoms with Crippen molar-refractivity contribution in [3.8, 4) is 0 Å². The van der Waals surface area contributed by atoms with Crippen LogP contribution < -0.4 is 5.32 Å². The maximum Gasteiger partial charge on any atom is 0.322 e. The Hall–Kier alpha value is -2.15. The predicted molar refractivity (Wildman–Crippen MR) is 85.5 cm³/mol. The standard InChI is InChI=1S/C16H21N3O4/c1-9-5-10(2)15(19(22)23)8-14(9)17-16(21)18-11-3-4-12(18)7-13(20)6-11/h5,8,11-13,20H,3-4,6-7H2,1-2H3,(H,17,21)/t11-,12-/m0/s1. The first-order valence-corrected chi connectivity index (χ1v) is 7.90. The van der Waals surface area contributed by atoms with Crippen LogP contribution in [0.5, 0.6) is 0 Å². The zero-order valence-corrected chi connectivity index (χ0v) is 13.3. The Morgan fingerprint density at radius 1 is 1.26 bits per heavy atom. The lowest BCUT2D eigenvalue weighted by Crippen LogP contribution is -2.49. The minimum atomic E-state index is -0.439. The van der Waals surface area contributed by atoms with Crippen molar-refractivity contribution >= 4 is 17.4 Å². The van der Waals surface area contributed by atoms with Gasteiger partial charge in [0.25, 0.3) is 5.69 Å². The van der Waals surface area contributed by atoms with Crippen molar-refractivity contribution in [1.82, 2.24) is 4.90 Å². The summed E-state index contributed by atoms with van der Waals surface area (Å²) in [5, 5.41) is 23.7. The van der Waals surface area contributed by atoms with Crippen LogP contribution in [0.2, 0.25) is 0 Å². The highest BCUT2D eigenvalue weighted by Crippen LogP contribution is 2.36. The van der Waals surface area contributed by atoms with Gasteiger partial charge in [-0.1, -0.05) is 0 Å². The van der Waals surface area contributed by atoms with Crippen LogP contribution in [-0.2, 0) is 0 Å². The molecule has 2 saturated heterocycles. The van der Waals surface area contributed by atoms with Crippen LogP contribution in [0, 0.1) is 24.0 Å². The zero-order chi connectivity index (χ0) is 16.7. The molecule has 0 saturated carbocycles. The molecule has 2 heterocycles. The van der Waals surface area contributed by atoms with Crippen LogP contribution in [0.3, 0.4) is 0 Å². The molecule has 2 atom stereocenters. The van der Waals surface area contributed by atoms with Crippen molar-refractivity contribution in [2.45, 2.75) is 57.7 Å². The molecule has 0 unspecified atom stereocenters.